The number of hydrogen-bond acceptors (Lipinski definition) is 3. The average molecular weight is 264 g/mol. The van der Waals surface area contributed by atoms with Crippen LogP contribution in [0.4, 0.5) is 0 Å². The first-order valence-corrected chi connectivity index (χ1v) is 6.34. The van der Waals surface area contributed by atoms with Crippen molar-refractivity contribution in [3.63, 3.8) is 0 Å². The molecule has 1 aromatic rings. The van der Waals surface area contributed by atoms with Gasteiger partial charge in [-0.3, -0.25) is 9.59 Å². The number of nitrogens with two attached hydrogens (primary N) is 1. The minimum absolute atomic E-state index is 0.176. The van der Waals surface area contributed by atoms with Crippen molar-refractivity contribution in [2.24, 2.45) is 5.73 Å². The smallest absolute Gasteiger partial charge is 0.323 e. The quantitative estimate of drug-likeness (QED) is 0.770. The lowest BCUT2D eigenvalue weighted by Gasteiger charge is -2.20. The molecular weight excluding hydrogens is 244 g/mol. The van der Waals surface area contributed by atoms with E-state index in [1.165, 1.54) is 4.90 Å². The van der Waals surface area contributed by atoms with Crippen molar-refractivity contribution in [3.05, 3.63) is 35.4 Å². The molecule has 1 amide bonds. The lowest BCUT2D eigenvalue weighted by molar-refractivity contribution is -0.144. The van der Waals surface area contributed by atoms with Crippen molar-refractivity contribution < 1.29 is 14.7 Å². The Hall–Kier alpha value is -1.88. The fourth-order valence-corrected chi connectivity index (χ4v) is 1.93. The van der Waals surface area contributed by atoms with E-state index in [9.17, 15) is 9.59 Å². The lowest BCUT2D eigenvalue weighted by atomic mass is 10.0. The summed E-state index contributed by atoms with van der Waals surface area (Å²) in [4.78, 5) is 24.2. The highest BCUT2D eigenvalue weighted by atomic mass is 16.4. The molecule has 0 saturated carbocycles. The van der Waals surface area contributed by atoms with Gasteiger partial charge in [0.1, 0.15) is 6.54 Å². The molecule has 104 valence electrons. The summed E-state index contributed by atoms with van der Waals surface area (Å²) in [5.74, 6) is -1.17. The van der Waals surface area contributed by atoms with Gasteiger partial charge in [0.2, 0.25) is 5.91 Å². The normalized spacial score (nSPS) is 10.2. The number of rotatable bonds is 7. The molecule has 1 rings (SSSR count). The highest BCUT2D eigenvalue weighted by molar-refractivity contribution is 5.83. The Morgan fingerprint density at radius 2 is 1.89 bits per heavy atom. The summed E-state index contributed by atoms with van der Waals surface area (Å²) in [7, 11) is 0. The minimum atomic E-state index is -0.992. The fraction of sp³-hybridized carbons (Fsp3) is 0.429. The maximum atomic E-state index is 12.1. The van der Waals surface area contributed by atoms with Gasteiger partial charge in [-0.15, -0.1) is 0 Å². The van der Waals surface area contributed by atoms with E-state index in [1.807, 2.05) is 31.2 Å². The maximum absolute atomic E-state index is 12.1. The highest BCUT2D eigenvalue weighted by Gasteiger charge is 2.17. The zero-order valence-corrected chi connectivity index (χ0v) is 11.1. The number of carboxylic acid groups (broad SMARTS) is 1. The second kappa shape index (κ2) is 7.53. The summed E-state index contributed by atoms with van der Waals surface area (Å²) in [6.07, 6.45) is 0.929. The van der Waals surface area contributed by atoms with Crippen LogP contribution in [0.1, 0.15) is 24.5 Å². The average Bonchev–Trinajstić information content (AvgIpc) is 2.38. The molecule has 5 nitrogen and oxygen atoms in total. The summed E-state index contributed by atoms with van der Waals surface area (Å²) >= 11 is 0. The predicted molar refractivity (Wildman–Crippen MR) is 72.5 cm³/mol. The number of carboxylic acids is 1. The first-order valence-electron chi connectivity index (χ1n) is 6.34. The number of carbonyl (C=O) groups is 2. The maximum Gasteiger partial charge on any atom is 0.323 e. The number of carbonyl (C=O) groups excluding carboxylic acids is 1. The molecular formula is C14H20N2O3. The lowest BCUT2D eigenvalue weighted by Crippen LogP contribution is -2.37. The molecule has 0 radical (unpaired) electrons. The number of benzene rings is 1. The van der Waals surface area contributed by atoms with Gasteiger partial charge < -0.3 is 15.7 Å². The summed E-state index contributed by atoms with van der Waals surface area (Å²) in [6, 6.07) is 7.45. The third kappa shape index (κ3) is 4.71. The number of amides is 1. The van der Waals surface area contributed by atoms with Crippen LogP contribution < -0.4 is 5.73 Å². The summed E-state index contributed by atoms with van der Waals surface area (Å²) in [6.45, 7) is 2.49. The van der Waals surface area contributed by atoms with E-state index in [4.69, 9.17) is 10.8 Å². The van der Waals surface area contributed by atoms with Crippen molar-refractivity contribution in [1.82, 2.24) is 4.90 Å². The summed E-state index contributed by atoms with van der Waals surface area (Å²) < 4.78 is 0. The van der Waals surface area contributed by atoms with Gasteiger partial charge in [0, 0.05) is 13.1 Å². The van der Waals surface area contributed by atoms with E-state index in [1.54, 1.807) is 0 Å². The first kappa shape index (κ1) is 15.2. The Morgan fingerprint density at radius 1 is 1.26 bits per heavy atom. The van der Waals surface area contributed by atoms with Crippen LogP contribution in [0, 0.1) is 0 Å². The summed E-state index contributed by atoms with van der Waals surface area (Å²) in [5, 5.41) is 8.81. The molecule has 0 heterocycles. The van der Waals surface area contributed by atoms with Crippen LogP contribution in [0.25, 0.3) is 0 Å². The Kier molecular flexibility index (Phi) is 6.02. The van der Waals surface area contributed by atoms with Crippen molar-refractivity contribution in [2.75, 3.05) is 13.1 Å². The highest BCUT2D eigenvalue weighted by Crippen LogP contribution is 2.10. The second-order valence-electron chi connectivity index (χ2n) is 4.36. The molecule has 0 aliphatic carbocycles. The van der Waals surface area contributed by atoms with Crippen LogP contribution in [0.5, 0.6) is 0 Å². The van der Waals surface area contributed by atoms with Gasteiger partial charge in [0.15, 0.2) is 0 Å². The Morgan fingerprint density at radius 3 is 2.42 bits per heavy atom. The van der Waals surface area contributed by atoms with Crippen LogP contribution in [-0.4, -0.2) is 35.0 Å². The number of nitrogens with zero attached hydrogens (tertiary/aromatic N) is 1. The van der Waals surface area contributed by atoms with Gasteiger partial charge >= 0.3 is 5.97 Å². The SMILES string of the molecule is CCCN(CC(=O)O)C(=O)Cc1ccccc1CN. The molecule has 0 aromatic heterocycles. The molecule has 0 fully saturated rings. The van der Waals surface area contributed by atoms with Gasteiger partial charge in [0.25, 0.3) is 0 Å². The van der Waals surface area contributed by atoms with Crippen LogP contribution in [-0.2, 0) is 22.6 Å². The van der Waals surface area contributed by atoms with E-state index >= 15 is 0 Å². The zero-order valence-electron chi connectivity index (χ0n) is 11.1. The van der Waals surface area contributed by atoms with E-state index in [2.05, 4.69) is 0 Å². The largest absolute Gasteiger partial charge is 0.480 e. The molecule has 0 spiro atoms. The van der Waals surface area contributed by atoms with E-state index in [0.29, 0.717) is 13.1 Å². The topological polar surface area (TPSA) is 83.6 Å². The Labute approximate surface area is 113 Å². The molecule has 0 unspecified atom stereocenters. The van der Waals surface area contributed by atoms with Gasteiger partial charge in [-0.1, -0.05) is 31.2 Å². The second-order valence-corrected chi connectivity index (χ2v) is 4.36. The van der Waals surface area contributed by atoms with E-state index < -0.39 is 5.97 Å². The number of aliphatic carboxylic acids is 1. The van der Waals surface area contributed by atoms with Crippen LogP contribution in [0.3, 0.4) is 0 Å². The molecule has 5 heteroatoms. The van der Waals surface area contributed by atoms with Gasteiger partial charge in [-0.25, -0.2) is 0 Å². The molecule has 0 atom stereocenters. The van der Waals surface area contributed by atoms with Gasteiger partial charge in [0.05, 0.1) is 6.42 Å². The zero-order chi connectivity index (χ0) is 14.3. The molecule has 1 aromatic carbocycles. The van der Waals surface area contributed by atoms with Crippen LogP contribution >= 0.6 is 0 Å². The molecule has 0 aliphatic heterocycles. The molecule has 0 bridgehead atoms. The van der Waals surface area contributed by atoms with Gasteiger partial charge in [-0.05, 0) is 17.5 Å². The number of hydrogen-bond donors (Lipinski definition) is 2. The summed E-state index contributed by atoms with van der Waals surface area (Å²) in [5.41, 5.74) is 7.40. The van der Waals surface area contributed by atoms with Crippen LogP contribution in [0.2, 0.25) is 0 Å². The Balaban J connectivity index is 2.77. The fourth-order valence-electron chi connectivity index (χ4n) is 1.93. The van der Waals surface area contributed by atoms with Gasteiger partial charge in [-0.2, -0.15) is 0 Å². The molecule has 0 aliphatic rings. The van der Waals surface area contributed by atoms with Crippen molar-refractivity contribution >= 4 is 11.9 Å². The third-order valence-electron chi connectivity index (χ3n) is 2.85. The molecule has 19 heavy (non-hydrogen) atoms. The van der Waals surface area contributed by atoms with Crippen molar-refractivity contribution in [2.45, 2.75) is 26.3 Å². The van der Waals surface area contributed by atoms with Crippen molar-refractivity contribution in [3.8, 4) is 0 Å². The third-order valence-corrected chi connectivity index (χ3v) is 2.85. The van der Waals surface area contributed by atoms with Crippen molar-refractivity contribution in [1.29, 1.82) is 0 Å². The Bertz CT molecular complexity index is 446. The minimum Gasteiger partial charge on any atom is -0.480 e. The molecule has 3 N–H and O–H groups in total. The van der Waals surface area contributed by atoms with E-state index in [0.717, 1.165) is 17.5 Å². The van der Waals surface area contributed by atoms with E-state index in [-0.39, 0.29) is 18.9 Å². The first-order chi connectivity index (χ1) is 9.08. The van der Waals surface area contributed by atoms with Crippen LogP contribution in [0.15, 0.2) is 24.3 Å². The predicted octanol–water partition coefficient (Wildman–Crippen LogP) is 1.01. The standard InChI is InChI=1S/C14H20N2O3/c1-2-7-16(10-14(18)19)13(17)8-11-5-3-4-6-12(11)9-15/h3-6H,2,7-10,15H2,1H3,(H,18,19). The monoisotopic (exact) mass is 264 g/mol. The molecule has 0 saturated heterocycles.